The summed E-state index contributed by atoms with van der Waals surface area (Å²) in [5.74, 6) is 0.760. The first-order chi connectivity index (χ1) is 10.5. The molecule has 0 radical (unpaired) electrons. The monoisotopic (exact) mass is 311 g/mol. The molecular weight excluding hydrogens is 278 g/mol. The van der Waals surface area contributed by atoms with Gasteiger partial charge >= 0.3 is 6.03 Å². The van der Waals surface area contributed by atoms with Crippen LogP contribution in [-0.2, 0) is 0 Å². The predicted octanol–water partition coefficient (Wildman–Crippen LogP) is 2.10. The van der Waals surface area contributed by atoms with E-state index in [4.69, 9.17) is 0 Å². The maximum atomic E-state index is 12.0. The van der Waals surface area contributed by atoms with E-state index in [0.717, 1.165) is 51.2 Å². The first kappa shape index (κ1) is 17.5. The largest absolute Gasteiger partial charge is 0.388 e. The number of urea groups is 1. The van der Waals surface area contributed by atoms with Crippen molar-refractivity contribution in [3.8, 4) is 0 Å². The minimum atomic E-state index is -0.693. The van der Waals surface area contributed by atoms with Crippen LogP contribution in [0.1, 0.15) is 58.8 Å². The van der Waals surface area contributed by atoms with Crippen LogP contribution in [0.15, 0.2) is 0 Å². The summed E-state index contributed by atoms with van der Waals surface area (Å²) in [6.45, 7) is 7.88. The first-order valence-electron chi connectivity index (χ1n) is 8.96. The molecule has 1 heterocycles. The van der Waals surface area contributed by atoms with Gasteiger partial charge in [-0.25, -0.2) is 4.79 Å². The molecule has 1 aliphatic carbocycles. The van der Waals surface area contributed by atoms with Crippen molar-refractivity contribution in [2.24, 2.45) is 5.92 Å². The van der Waals surface area contributed by atoms with Gasteiger partial charge in [0.1, 0.15) is 0 Å². The molecule has 0 spiro atoms. The van der Waals surface area contributed by atoms with Crippen LogP contribution in [0, 0.1) is 5.92 Å². The highest BCUT2D eigenvalue weighted by molar-refractivity contribution is 5.74. The van der Waals surface area contributed by atoms with Gasteiger partial charge in [-0.05, 0) is 45.1 Å². The third kappa shape index (κ3) is 5.76. The van der Waals surface area contributed by atoms with Crippen molar-refractivity contribution in [3.05, 3.63) is 0 Å². The summed E-state index contributed by atoms with van der Waals surface area (Å²) < 4.78 is 0. The average molecular weight is 311 g/mol. The highest BCUT2D eigenvalue weighted by Gasteiger charge is 2.29. The maximum Gasteiger partial charge on any atom is 0.315 e. The number of hydrogen-bond donors (Lipinski definition) is 3. The Morgan fingerprint density at radius 3 is 2.73 bits per heavy atom. The molecule has 22 heavy (non-hydrogen) atoms. The third-order valence-electron chi connectivity index (χ3n) is 5.01. The molecule has 3 N–H and O–H groups in total. The predicted molar refractivity (Wildman–Crippen MR) is 88.9 cm³/mol. The molecule has 2 aliphatic rings. The van der Waals surface area contributed by atoms with Crippen molar-refractivity contribution in [2.75, 3.05) is 26.2 Å². The Bertz CT molecular complexity index is 356. The number of piperidine rings is 1. The van der Waals surface area contributed by atoms with E-state index in [2.05, 4.69) is 22.5 Å². The Morgan fingerprint density at radius 2 is 2.05 bits per heavy atom. The van der Waals surface area contributed by atoms with E-state index >= 15 is 0 Å². The maximum absolute atomic E-state index is 12.0. The molecule has 0 aromatic carbocycles. The summed E-state index contributed by atoms with van der Waals surface area (Å²) in [5, 5.41) is 16.2. The van der Waals surface area contributed by atoms with Gasteiger partial charge < -0.3 is 20.6 Å². The molecule has 2 amide bonds. The van der Waals surface area contributed by atoms with Gasteiger partial charge in [0.15, 0.2) is 0 Å². The van der Waals surface area contributed by atoms with E-state index in [-0.39, 0.29) is 12.1 Å². The van der Waals surface area contributed by atoms with E-state index < -0.39 is 5.60 Å². The van der Waals surface area contributed by atoms with Crippen molar-refractivity contribution >= 4 is 6.03 Å². The molecule has 2 unspecified atom stereocenters. The zero-order valence-electron chi connectivity index (χ0n) is 14.2. The zero-order valence-corrected chi connectivity index (χ0v) is 14.2. The Hall–Kier alpha value is -0.810. The van der Waals surface area contributed by atoms with E-state index in [1.165, 1.54) is 19.3 Å². The van der Waals surface area contributed by atoms with Gasteiger partial charge in [0.05, 0.1) is 5.60 Å². The third-order valence-corrected chi connectivity index (χ3v) is 5.01. The second-order valence-electron chi connectivity index (χ2n) is 7.52. The van der Waals surface area contributed by atoms with Crippen LogP contribution in [0.25, 0.3) is 0 Å². The number of aliphatic hydroxyl groups is 1. The number of carbonyl (C=O) groups is 1. The van der Waals surface area contributed by atoms with E-state index in [1.54, 1.807) is 0 Å². The van der Waals surface area contributed by atoms with E-state index in [9.17, 15) is 9.90 Å². The first-order valence-corrected chi connectivity index (χ1v) is 8.96. The molecule has 1 saturated carbocycles. The molecule has 0 aromatic rings. The highest BCUT2D eigenvalue weighted by atomic mass is 16.3. The van der Waals surface area contributed by atoms with E-state index in [1.807, 2.05) is 6.92 Å². The molecule has 5 heteroatoms. The van der Waals surface area contributed by atoms with Gasteiger partial charge in [-0.1, -0.05) is 26.2 Å². The molecule has 2 atom stereocenters. The van der Waals surface area contributed by atoms with Crippen molar-refractivity contribution in [1.29, 1.82) is 0 Å². The quantitative estimate of drug-likeness (QED) is 0.728. The molecular formula is C17H33N3O2. The fourth-order valence-electron chi connectivity index (χ4n) is 3.79. The number of nitrogens with one attached hydrogen (secondary N) is 2. The minimum Gasteiger partial charge on any atom is -0.388 e. The van der Waals surface area contributed by atoms with Crippen LogP contribution >= 0.6 is 0 Å². The van der Waals surface area contributed by atoms with Gasteiger partial charge in [-0.3, -0.25) is 0 Å². The normalized spacial score (nSPS) is 27.1. The number of nitrogens with zero attached hydrogens (tertiary/aromatic N) is 1. The smallest absolute Gasteiger partial charge is 0.315 e. The van der Waals surface area contributed by atoms with E-state index in [0.29, 0.717) is 6.54 Å². The lowest BCUT2D eigenvalue weighted by molar-refractivity contribution is 0.00710. The number of carbonyl (C=O) groups excluding carboxylic acids is 1. The van der Waals surface area contributed by atoms with Crippen molar-refractivity contribution in [2.45, 2.75) is 70.4 Å². The SMILES string of the molecule is CC1CCCN(CC(C)NC(=O)NCC2(O)CCCCC2)C1. The molecule has 5 nitrogen and oxygen atoms in total. The molecule has 1 aliphatic heterocycles. The van der Waals surface area contributed by atoms with Crippen LogP contribution in [0.4, 0.5) is 4.79 Å². The van der Waals surface area contributed by atoms with Crippen LogP contribution in [-0.4, -0.2) is 53.9 Å². The van der Waals surface area contributed by atoms with Gasteiger partial charge in [0.25, 0.3) is 0 Å². The molecule has 2 fully saturated rings. The number of rotatable bonds is 5. The summed E-state index contributed by atoms with van der Waals surface area (Å²) >= 11 is 0. The Kier molecular flexibility index (Phi) is 6.50. The average Bonchev–Trinajstić information content (AvgIpc) is 2.46. The molecule has 1 saturated heterocycles. The van der Waals surface area contributed by atoms with Crippen molar-refractivity contribution in [3.63, 3.8) is 0 Å². The fraction of sp³-hybridized carbons (Fsp3) is 0.941. The van der Waals surface area contributed by atoms with Crippen LogP contribution in [0.5, 0.6) is 0 Å². The van der Waals surface area contributed by atoms with Gasteiger partial charge in [0.2, 0.25) is 0 Å². The van der Waals surface area contributed by atoms with Crippen LogP contribution < -0.4 is 10.6 Å². The Labute approximate surface area is 134 Å². The highest BCUT2D eigenvalue weighted by Crippen LogP contribution is 2.27. The number of likely N-dealkylation sites (tertiary alicyclic amines) is 1. The van der Waals surface area contributed by atoms with Gasteiger partial charge in [0, 0.05) is 25.7 Å². The summed E-state index contributed by atoms with van der Waals surface area (Å²) in [7, 11) is 0. The Morgan fingerprint density at radius 1 is 1.32 bits per heavy atom. The summed E-state index contributed by atoms with van der Waals surface area (Å²) in [6.07, 6.45) is 7.49. The molecule has 128 valence electrons. The molecule has 0 aromatic heterocycles. The number of amides is 2. The fourth-order valence-corrected chi connectivity index (χ4v) is 3.79. The summed E-state index contributed by atoms with van der Waals surface area (Å²) in [4.78, 5) is 14.4. The molecule has 2 rings (SSSR count). The number of hydrogen-bond acceptors (Lipinski definition) is 3. The summed E-state index contributed by atoms with van der Waals surface area (Å²) in [5.41, 5.74) is -0.693. The van der Waals surface area contributed by atoms with Crippen LogP contribution in [0.3, 0.4) is 0 Å². The summed E-state index contributed by atoms with van der Waals surface area (Å²) in [6, 6.07) is -0.0251. The van der Waals surface area contributed by atoms with Gasteiger partial charge in [-0.15, -0.1) is 0 Å². The van der Waals surface area contributed by atoms with Crippen molar-refractivity contribution < 1.29 is 9.90 Å². The lowest BCUT2D eigenvalue weighted by Gasteiger charge is -2.34. The van der Waals surface area contributed by atoms with Gasteiger partial charge in [-0.2, -0.15) is 0 Å². The lowest BCUT2D eigenvalue weighted by Crippen LogP contribution is -2.51. The van der Waals surface area contributed by atoms with Crippen molar-refractivity contribution in [1.82, 2.24) is 15.5 Å². The second-order valence-corrected chi connectivity index (χ2v) is 7.52. The standard InChI is InChI=1S/C17H33N3O2/c1-14-7-6-10-20(11-14)12-15(2)19-16(21)18-13-17(22)8-4-3-5-9-17/h14-15,22H,3-13H2,1-2H3,(H2,18,19,21). The van der Waals surface area contributed by atoms with Crippen LogP contribution in [0.2, 0.25) is 0 Å². The zero-order chi connectivity index (χ0) is 16.0. The minimum absolute atomic E-state index is 0.131. The topological polar surface area (TPSA) is 64.6 Å². The lowest BCUT2D eigenvalue weighted by atomic mass is 9.85. The Balaban J connectivity index is 1.65. The molecule has 0 bridgehead atoms. The second kappa shape index (κ2) is 8.16.